The molecule has 30 heavy (non-hydrogen) atoms. The van der Waals surface area contributed by atoms with Crippen molar-refractivity contribution in [1.29, 1.82) is 0 Å². The van der Waals surface area contributed by atoms with Crippen molar-refractivity contribution in [3.05, 3.63) is 81.5 Å². The molecule has 3 rings (SSSR count). The molecule has 0 fully saturated rings. The zero-order valence-electron chi connectivity index (χ0n) is 17.6. The van der Waals surface area contributed by atoms with E-state index in [0.29, 0.717) is 43.4 Å². The lowest BCUT2D eigenvalue weighted by Gasteiger charge is -2.22. The number of hydrogen-bond donors (Lipinski definition) is 0. The Labute approximate surface area is 181 Å². The molecule has 1 aromatic heterocycles. The third-order valence-corrected chi connectivity index (χ3v) is 5.58. The quantitative estimate of drug-likeness (QED) is 0.451. The first-order chi connectivity index (χ1) is 14.6. The molecule has 0 N–H and O–H groups in total. The summed E-state index contributed by atoms with van der Waals surface area (Å²) in [7, 11) is 3.28. The van der Waals surface area contributed by atoms with Crippen LogP contribution in [-0.4, -0.2) is 31.6 Å². The molecule has 1 heterocycles. The van der Waals surface area contributed by atoms with Crippen molar-refractivity contribution in [2.24, 2.45) is 0 Å². The van der Waals surface area contributed by atoms with E-state index in [1.165, 1.54) is 0 Å². The SMILES string of the molecule is CCN(Cc1ccc(OCc2cccs2)c(OC)c1)C(=O)c1ccc(COC)cc1. The molecule has 0 saturated carbocycles. The van der Waals surface area contributed by atoms with Crippen molar-refractivity contribution < 1.29 is 19.0 Å². The van der Waals surface area contributed by atoms with Crippen LogP contribution in [0.1, 0.15) is 33.3 Å². The first-order valence-electron chi connectivity index (χ1n) is 9.83. The van der Waals surface area contributed by atoms with Crippen LogP contribution in [0.3, 0.4) is 0 Å². The smallest absolute Gasteiger partial charge is 0.254 e. The third kappa shape index (κ3) is 5.62. The van der Waals surface area contributed by atoms with Crippen molar-refractivity contribution in [1.82, 2.24) is 4.90 Å². The molecule has 0 atom stereocenters. The molecule has 0 aliphatic carbocycles. The minimum atomic E-state index is -0.00143. The number of thiophene rings is 1. The van der Waals surface area contributed by atoms with Crippen LogP contribution < -0.4 is 9.47 Å². The molecule has 3 aromatic rings. The molecule has 0 bridgehead atoms. The number of carbonyl (C=O) groups is 1. The second kappa shape index (κ2) is 10.8. The van der Waals surface area contributed by atoms with E-state index < -0.39 is 0 Å². The van der Waals surface area contributed by atoms with Crippen LogP contribution in [-0.2, 0) is 24.5 Å². The van der Waals surface area contributed by atoms with Gasteiger partial charge in [-0.1, -0.05) is 24.3 Å². The number of amides is 1. The average molecular weight is 426 g/mol. The van der Waals surface area contributed by atoms with E-state index >= 15 is 0 Å². The van der Waals surface area contributed by atoms with E-state index in [1.807, 2.05) is 71.8 Å². The van der Waals surface area contributed by atoms with Crippen molar-refractivity contribution in [3.63, 3.8) is 0 Å². The summed E-state index contributed by atoms with van der Waals surface area (Å²) in [5.41, 5.74) is 2.70. The van der Waals surface area contributed by atoms with Crippen molar-refractivity contribution in [3.8, 4) is 11.5 Å². The Kier molecular flexibility index (Phi) is 7.88. The predicted molar refractivity (Wildman–Crippen MR) is 119 cm³/mol. The molecule has 0 saturated heterocycles. The maximum Gasteiger partial charge on any atom is 0.254 e. The number of ether oxygens (including phenoxy) is 3. The molecule has 0 aliphatic heterocycles. The summed E-state index contributed by atoms with van der Waals surface area (Å²) in [5.74, 6) is 1.35. The van der Waals surface area contributed by atoms with E-state index in [1.54, 1.807) is 25.6 Å². The van der Waals surface area contributed by atoms with Crippen LogP contribution in [0.25, 0.3) is 0 Å². The second-order valence-corrected chi connectivity index (χ2v) is 7.83. The molecule has 0 spiro atoms. The summed E-state index contributed by atoms with van der Waals surface area (Å²) < 4.78 is 16.5. The summed E-state index contributed by atoms with van der Waals surface area (Å²) in [6, 6.07) is 17.4. The summed E-state index contributed by atoms with van der Waals surface area (Å²) in [4.78, 5) is 15.9. The number of carbonyl (C=O) groups excluding carboxylic acids is 1. The Bertz CT molecular complexity index is 938. The summed E-state index contributed by atoms with van der Waals surface area (Å²) >= 11 is 1.66. The average Bonchev–Trinajstić information content (AvgIpc) is 3.30. The minimum absolute atomic E-state index is 0.00143. The summed E-state index contributed by atoms with van der Waals surface area (Å²) in [6.07, 6.45) is 0. The molecular formula is C24H27NO4S. The standard InChI is InChI=1S/C24H27NO4S/c1-4-25(24(26)20-10-7-18(8-11-20)16-27-2)15-19-9-12-22(23(14-19)28-3)29-17-21-6-5-13-30-21/h5-14H,4,15-17H2,1-3H3. The monoisotopic (exact) mass is 425 g/mol. The maximum absolute atomic E-state index is 12.9. The van der Waals surface area contributed by atoms with Gasteiger partial charge in [0.15, 0.2) is 11.5 Å². The van der Waals surface area contributed by atoms with Crippen molar-refractivity contribution in [2.45, 2.75) is 26.7 Å². The van der Waals surface area contributed by atoms with Crippen molar-refractivity contribution >= 4 is 17.2 Å². The van der Waals surface area contributed by atoms with E-state index in [9.17, 15) is 4.79 Å². The van der Waals surface area contributed by atoms with E-state index in [0.717, 1.165) is 16.0 Å². The highest BCUT2D eigenvalue weighted by Gasteiger charge is 2.16. The number of nitrogens with zero attached hydrogens (tertiary/aromatic N) is 1. The number of hydrogen-bond acceptors (Lipinski definition) is 5. The fourth-order valence-electron chi connectivity index (χ4n) is 3.11. The van der Waals surface area contributed by atoms with Crippen LogP contribution in [0.4, 0.5) is 0 Å². The minimum Gasteiger partial charge on any atom is -0.493 e. The van der Waals surface area contributed by atoms with Gasteiger partial charge in [0.05, 0.1) is 13.7 Å². The van der Waals surface area contributed by atoms with Gasteiger partial charge in [0, 0.05) is 30.6 Å². The zero-order valence-corrected chi connectivity index (χ0v) is 18.4. The predicted octanol–water partition coefficient (Wildman–Crippen LogP) is 5.14. The Morgan fingerprint density at radius 2 is 1.73 bits per heavy atom. The maximum atomic E-state index is 12.9. The third-order valence-electron chi connectivity index (χ3n) is 4.73. The van der Waals surface area contributed by atoms with Gasteiger partial charge in [-0.2, -0.15) is 0 Å². The summed E-state index contributed by atoms with van der Waals surface area (Å²) in [6.45, 7) is 4.12. The molecule has 0 unspecified atom stereocenters. The van der Waals surface area contributed by atoms with Gasteiger partial charge in [-0.25, -0.2) is 0 Å². The Hall–Kier alpha value is -2.83. The molecule has 158 valence electrons. The van der Waals surface area contributed by atoms with Gasteiger partial charge in [-0.05, 0) is 53.8 Å². The highest BCUT2D eigenvalue weighted by Crippen LogP contribution is 2.30. The number of rotatable bonds is 10. The van der Waals surface area contributed by atoms with E-state index in [4.69, 9.17) is 14.2 Å². The molecule has 1 amide bonds. The molecule has 0 radical (unpaired) electrons. The fourth-order valence-corrected chi connectivity index (χ4v) is 3.73. The van der Waals surface area contributed by atoms with Gasteiger partial charge in [0.1, 0.15) is 6.61 Å². The van der Waals surface area contributed by atoms with Crippen LogP contribution in [0.5, 0.6) is 11.5 Å². The highest BCUT2D eigenvalue weighted by molar-refractivity contribution is 7.09. The lowest BCUT2D eigenvalue weighted by molar-refractivity contribution is 0.0752. The lowest BCUT2D eigenvalue weighted by atomic mass is 10.1. The Morgan fingerprint density at radius 1 is 0.967 bits per heavy atom. The topological polar surface area (TPSA) is 48.0 Å². The molecule has 6 heteroatoms. The molecular weight excluding hydrogens is 398 g/mol. The number of methoxy groups -OCH3 is 2. The van der Waals surface area contributed by atoms with Gasteiger partial charge < -0.3 is 19.1 Å². The van der Waals surface area contributed by atoms with Gasteiger partial charge in [-0.15, -0.1) is 11.3 Å². The normalized spacial score (nSPS) is 10.6. The second-order valence-electron chi connectivity index (χ2n) is 6.80. The van der Waals surface area contributed by atoms with Crippen LogP contribution in [0.15, 0.2) is 60.0 Å². The molecule has 5 nitrogen and oxygen atoms in total. The van der Waals surface area contributed by atoms with Gasteiger partial charge in [0.25, 0.3) is 5.91 Å². The van der Waals surface area contributed by atoms with Gasteiger partial charge >= 0.3 is 0 Å². The zero-order chi connectivity index (χ0) is 21.3. The van der Waals surface area contributed by atoms with Crippen LogP contribution in [0.2, 0.25) is 0 Å². The molecule has 0 aliphatic rings. The van der Waals surface area contributed by atoms with Gasteiger partial charge in [-0.3, -0.25) is 4.79 Å². The summed E-state index contributed by atoms with van der Waals surface area (Å²) in [5, 5.41) is 2.03. The van der Waals surface area contributed by atoms with Crippen LogP contribution >= 0.6 is 11.3 Å². The number of benzene rings is 2. The van der Waals surface area contributed by atoms with Crippen LogP contribution in [0, 0.1) is 0 Å². The highest BCUT2D eigenvalue weighted by atomic mass is 32.1. The largest absolute Gasteiger partial charge is 0.493 e. The van der Waals surface area contributed by atoms with E-state index in [2.05, 4.69) is 0 Å². The fraction of sp³-hybridized carbons (Fsp3) is 0.292. The van der Waals surface area contributed by atoms with Crippen molar-refractivity contribution in [2.75, 3.05) is 20.8 Å². The Morgan fingerprint density at radius 3 is 2.37 bits per heavy atom. The first kappa shape index (κ1) is 21.9. The first-order valence-corrected chi connectivity index (χ1v) is 10.7. The lowest BCUT2D eigenvalue weighted by Crippen LogP contribution is -2.30. The molecule has 2 aromatic carbocycles. The van der Waals surface area contributed by atoms with E-state index in [-0.39, 0.29) is 5.91 Å². The Balaban J connectivity index is 1.68. The van der Waals surface area contributed by atoms with Gasteiger partial charge in [0.2, 0.25) is 0 Å².